The molecule has 3 N–H and O–H groups in total. The van der Waals surface area contributed by atoms with Gasteiger partial charge < -0.3 is 15.3 Å². The lowest BCUT2D eigenvalue weighted by Gasteiger charge is -2.19. The van der Waals surface area contributed by atoms with E-state index in [0.29, 0.717) is 6.42 Å². The van der Waals surface area contributed by atoms with E-state index in [-0.39, 0.29) is 12.8 Å². The number of carboxylic acid groups (broad SMARTS) is 1. The van der Waals surface area contributed by atoms with E-state index in [2.05, 4.69) is 0 Å². The second-order valence-electron chi connectivity index (χ2n) is 3.80. The molecule has 0 spiro atoms. The Morgan fingerprint density at radius 3 is 2.67 bits per heavy atom. The van der Waals surface area contributed by atoms with Crippen LogP contribution in [0.2, 0.25) is 0 Å². The summed E-state index contributed by atoms with van der Waals surface area (Å²) >= 11 is 0. The van der Waals surface area contributed by atoms with Gasteiger partial charge in [0.2, 0.25) is 0 Å². The van der Waals surface area contributed by atoms with E-state index in [9.17, 15) is 15.0 Å². The number of hydrogen-bond acceptors (Lipinski definition) is 3. The number of aliphatic carboxylic acids is 1. The van der Waals surface area contributed by atoms with Crippen LogP contribution in [0.25, 0.3) is 0 Å². The highest BCUT2D eigenvalue weighted by atomic mass is 16.5. The van der Waals surface area contributed by atoms with Crippen molar-refractivity contribution in [1.29, 1.82) is 0 Å². The zero-order chi connectivity index (χ0) is 11.3. The molecule has 0 aromatic rings. The molecular formula is C11H16O4. The van der Waals surface area contributed by atoms with Crippen molar-refractivity contribution in [2.45, 2.75) is 37.9 Å². The van der Waals surface area contributed by atoms with Crippen molar-refractivity contribution in [2.24, 2.45) is 0 Å². The maximum Gasteiger partial charge on any atom is 0.303 e. The summed E-state index contributed by atoms with van der Waals surface area (Å²) in [5.41, 5.74) is 1.04. The minimum absolute atomic E-state index is 0.195. The Kier molecular flexibility index (Phi) is 4.05. The Balaban J connectivity index is 2.22. The number of aliphatic hydroxyl groups is 2. The zero-order valence-electron chi connectivity index (χ0n) is 8.52. The van der Waals surface area contributed by atoms with Crippen LogP contribution in [0.15, 0.2) is 23.8 Å². The van der Waals surface area contributed by atoms with Gasteiger partial charge >= 0.3 is 5.97 Å². The molecule has 1 rings (SSSR count). The summed E-state index contributed by atoms with van der Waals surface area (Å²) in [6.45, 7) is 0. The Hall–Kier alpha value is -1.13. The quantitative estimate of drug-likeness (QED) is 0.472. The van der Waals surface area contributed by atoms with Gasteiger partial charge in [-0.25, -0.2) is 0 Å². The summed E-state index contributed by atoms with van der Waals surface area (Å²) in [5.74, 6) is -2.47. The maximum atomic E-state index is 10.2. The highest BCUT2D eigenvalue weighted by molar-refractivity contribution is 5.66. The van der Waals surface area contributed by atoms with Crippen molar-refractivity contribution < 1.29 is 20.1 Å². The number of carboxylic acids is 1. The summed E-state index contributed by atoms with van der Waals surface area (Å²) in [6, 6.07) is 0. The summed E-state index contributed by atoms with van der Waals surface area (Å²) in [6.07, 6.45) is 7.49. The van der Waals surface area contributed by atoms with Gasteiger partial charge in [-0.1, -0.05) is 17.7 Å². The van der Waals surface area contributed by atoms with Crippen molar-refractivity contribution in [2.75, 3.05) is 0 Å². The van der Waals surface area contributed by atoms with Crippen molar-refractivity contribution in [3.8, 4) is 0 Å². The molecule has 0 heterocycles. The van der Waals surface area contributed by atoms with Crippen molar-refractivity contribution in [1.82, 2.24) is 0 Å². The van der Waals surface area contributed by atoms with E-state index in [1.807, 2.05) is 0 Å². The summed E-state index contributed by atoms with van der Waals surface area (Å²) in [7, 11) is 0. The number of carbonyl (C=O) groups is 1. The minimum atomic E-state index is -1.70. The average molecular weight is 212 g/mol. The zero-order valence-corrected chi connectivity index (χ0v) is 8.52. The van der Waals surface area contributed by atoms with Gasteiger partial charge in [-0.05, 0) is 25.3 Å². The molecule has 0 atom stereocenters. The standard InChI is InChI=1S/C11H16O4/c12-10(13)4-2-1-3-9-5-7-11(14,15)8-6-9/h5-7,14-15H,1-4,8H2,(H,12,13). The Morgan fingerprint density at radius 1 is 1.40 bits per heavy atom. The second-order valence-corrected chi connectivity index (χ2v) is 3.80. The van der Waals surface area contributed by atoms with Crippen LogP contribution < -0.4 is 0 Å². The second kappa shape index (κ2) is 5.09. The first-order valence-corrected chi connectivity index (χ1v) is 5.04. The summed E-state index contributed by atoms with van der Waals surface area (Å²) < 4.78 is 0. The molecule has 0 aliphatic heterocycles. The fourth-order valence-electron chi connectivity index (χ4n) is 1.45. The predicted octanol–water partition coefficient (Wildman–Crippen LogP) is 1.20. The van der Waals surface area contributed by atoms with Crippen LogP contribution in [0.1, 0.15) is 32.1 Å². The van der Waals surface area contributed by atoms with Gasteiger partial charge in [0, 0.05) is 12.8 Å². The van der Waals surface area contributed by atoms with E-state index in [1.54, 1.807) is 12.2 Å². The summed E-state index contributed by atoms with van der Waals surface area (Å²) in [5, 5.41) is 26.8. The monoisotopic (exact) mass is 212 g/mol. The van der Waals surface area contributed by atoms with Crippen LogP contribution >= 0.6 is 0 Å². The van der Waals surface area contributed by atoms with Crippen LogP contribution in [0, 0.1) is 0 Å². The van der Waals surface area contributed by atoms with Gasteiger partial charge in [0.15, 0.2) is 5.79 Å². The number of hydrogen-bond donors (Lipinski definition) is 3. The van der Waals surface area contributed by atoms with Crippen molar-refractivity contribution in [3.05, 3.63) is 23.8 Å². The molecule has 0 saturated heterocycles. The SMILES string of the molecule is O=C(O)CCCCC1=CCC(O)(O)C=C1. The molecule has 0 amide bonds. The van der Waals surface area contributed by atoms with Gasteiger partial charge in [-0.15, -0.1) is 0 Å². The largest absolute Gasteiger partial charge is 0.481 e. The van der Waals surface area contributed by atoms with E-state index in [4.69, 9.17) is 5.11 Å². The third kappa shape index (κ3) is 4.76. The van der Waals surface area contributed by atoms with Crippen LogP contribution in [0.5, 0.6) is 0 Å². The molecular weight excluding hydrogens is 196 g/mol. The van der Waals surface area contributed by atoms with E-state index in [0.717, 1.165) is 18.4 Å². The van der Waals surface area contributed by atoms with Gasteiger partial charge in [0.05, 0.1) is 0 Å². The normalized spacial score (nSPS) is 18.7. The molecule has 15 heavy (non-hydrogen) atoms. The molecule has 0 radical (unpaired) electrons. The topological polar surface area (TPSA) is 77.8 Å². The Morgan fingerprint density at radius 2 is 2.13 bits per heavy atom. The molecule has 0 aromatic heterocycles. The molecule has 4 nitrogen and oxygen atoms in total. The minimum Gasteiger partial charge on any atom is -0.481 e. The van der Waals surface area contributed by atoms with E-state index < -0.39 is 11.8 Å². The Bertz CT molecular complexity index is 289. The van der Waals surface area contributed by atoms with Crippen LogP contribution in [0.4, 0.5) is 0 Å². The van der Waals surface area contributed by atoms with Gasteiger partial charge in [-0.2, -0.15) is 0 Å². The van der Waals surface area contributed by atoms with Crippen LogP contribution in [-0.4, -0.2) is 27.1 Å². The average Bonchev–Trinajstić information content (AvgIpc) is 2.14. The first-order chi connectivity index (χ1) is 6.99. The third-order valence-corrected chi connectivity index (χ3v) is 2.34. The smallest absolute Gasteiger partial charge is 0.303 e. The maximum absolute atomic E-state index is 10.2. The molecule has 0 saturated carbocycles. The third-order valence-electron chi connectivity index (χ3n) is 2.34. The van der Waals surface area contributed by atoms with Gasteiger partial charge in [0.1, 0.15) is 0 Å². The molecule has 0 bridgehead atoms. The highest BCUT2D eigenvalue weighted by Gasteiger charge is 2.20. The lowest BCUT2D eigenvalue weighted by atomic mass is 9.98. The summed E-state index contributed by atoms with van der Waals surface area (Å²) in [4.78, 5) is 10.2. The molecule has 0 aromatic carbocycles. The Labute approximate surface area is 88.5 Å². The molecule has 84 valence electrons. The first kappa shape index (κ1) is 11.9. The molecule has 1 aliphatic rings. The lowest BCUT2D eigenvalue weighted by Crippen LogP contribution is -2.25. The fraction of sp³-hybridized carbons (Fsp3) is 0.545. The lowest BCUT2D eigenvalue weighted by molar-refractivity contribution is -0.137. The van der Waals surface area contributed by atoms with Crippen LogP contribution in [-0.2, 0) is 4.79 Å². The van der Waals surface area contributed by atoms with E-state index >= 15 is 0 Å². The van der Waals surface area contributed by atoms with E-state index in [1.165, 1.54) is 6.08 Å². The van der Waals surface area contributed by atoms with Crippen molar-refractivity contribution >= 4 is 5.97 Å². The molecule has 0 fully saturated rings. The fourth-order valence-corrected chi connectivity index (χ4v) is 1.45. The van der Waals surface area contributed by atoms with Crippen molar-refractivity contribution in [3.63, 3.8) is 0 Å². The first-order valence-electron chi connectivity index (χ1n) is 5.04. The number of rotatable bonds is 5. The molecule has 0 unspecified atom stereocenters. The van der Waals surface area contributed by atoms with Gasteiger partial charge in [0.25, 0.3) is 0 Å². The highest BCUT2D eigenvalue weighted by Crippen LogP contribution is 2.21. The van der Waals surface area contributed by atoms with Gasteiger partial charge in [-0.3, -0.25) is 4.79 Å². The molecule has 4 heteroatoms. The van der Waals surface area contributed by atoms with Crippen LogP contribution in [0.3, 0.4) is 0 Å². The predicted molar refractivity (Wildman–Crippen MR) is 55.1 cm³/mol. The number of unbranched alkanes of at least 4 members (excludes halogenated alkanes) is 1. The number of allylic oxidation sites excluding steroid dienone is 2. The molecule has 1 aliphatic carbocycles.